The lowest BCUT2D eigenvalue weighted by molar-refractivity contribution is -0.126. The van der Waals surface area contributed by atoms with Crippen LogP contribution in [0.4, 0.5) is 0 Å². The molecule has 1 saturated carbocycles. The van der Waals surface area contributed by atoms with E-state index in [2.05, 4.69) is 20.8 Å². The second kappa shape index (κ2) is 63.6. The maximum Gasteiger partial charge on any atom is 0.0841 e. The van der Waals surface area contributed by atoms with Crippen LogP contribution >= 0.6 is 0 Å². The van der Waals surface area contributed by atoms with E-state index in [9.17, 15) is 0 Å². The molecule has 0 aromatic carbocycles. The van der Waals surface area contributed by atoms with Gasteiger partial charge in [0.2, 0.25) is 0 Å². The van der Waals surface area contributed by atoms with Crippen molar-refractivity contribution in [3.05, 3.63) is 0 Å². The lowest BCUT2D eigenvalue weighted by Gasteiger charge is -2.43. The summed E-state index contributed by atoms with van der Waals surface area (Å²) in [4.78, 5) is 0. The van der Waals surface area contributed by atoms with E-state index < -0.39 is 0 Å². The number of hydrogen-bond acceptors (Lipinski definition) is 22. The molecule has 81 heavy (non-hydrogen) atoms. The molecule has 22 heteroatoms. The van der Waals surface area contributed by atoms with Gasteiger partial charge in [-0.2, -0.15) is 0 Å². The third kappa shape index (κ3) is 53.1. The van der Waals surface area contributed by atoms with Gasteiger partial charge in [-0.1, -0.05) is 65.7 Å². The summed E-state index contributed by atoms with van der Waals surface area (Å²) in [5.74, 6) is 2.65. The van der Waals surface area contributed by atoms with Gasteiger partial charge in [0.25, 0.3) is 0 Å². The molecular weight excluding hydrogens is 1060 g/mol. The molecule has 0 aliphatic heterocycles. The molecule has 1 aliphatic carbocycles. The van der Waals surface area contributed by atoms with E-state index in [4.69, 9.17) is 105 Å². The van der Waals surface area contributed by atoms with Gasteiger partial charge in [0, 0.05) is 14.2 Å². The van der Waals surface area contributed by atoms with Crippen molar-refractivity contribution >= 4 is 0 Å². The smallest absolute Gasteiger partial charge is 0.0841 e. The zero-order chi connectivity index (χ0) is 58.4. The second-order valence-electron chi connectivity index (χ2n) is 20.3. The van der Waals surface area contributed by atoms with E-state index in [0.29, 0.717) is 244 Å². The molecule has 0 bridgehead atoms. The van der Waals surface area contributed by atoms with E-state index in [1.165, 1.54) is 44.9 Å². The van der Waals surface area contributed by atoms with Crippen molar-refractivity contribution in [2.24, 2.45) is 29.6 Å². The van der Waals surface area contributed by atoms with Crippen molar-refractivity contribution in [1.29, 1.82) is 0 Å². The molecular formula is C59H118O22. The fourth-order valence-electron chi connectivity index (χ4n) is 9.09. The van der Waals surface area contributed by atoms with Crippen molar-refractivity contribution in [1.82, 2.24) is 0 Å². The fourth-order valence-corrected chi connectivity index (χ4v) is 9.09. The van der Waals surface area contributed by atoms with Crippen molar-refractivity contribution in [2.75, 3.05) is 265 Å². The Labute approximate surface area is 489 Å². The lowest BCUT2D eigenvalue weighted by atomic mass is 9.68. The second-order valence-corrected chi connectivity index (χ2v) is 20.3. The molecule has 0 heterocycles. The molecule has 22 nitrogen and oxygen atoms in total. The zero-order valence-electron chi connectivity index (χ0n) is 51.3. The first-order valence-electron chi connectivity index (χ1n) is 30.6. The van der Waals surface area contributed by atoms with Gasteiger partial charge in [-0.15, -0.1) is 0 Å². The van der Waals surface area contributed by atoms with Crippen LogP contribution < -0.4 is 0 Å². The normalized spacial score (nSPS) is 17.0. The summed E-state index contributed by atoms with van der Waals surface area (Å²) >= 11 is 0. The largest absolute Gasteiger partial charge is 0.394 e. The van der Waals surface area contributed by atoms with Crippen LogP contribution in [0.25, 0.3) is 0 Å². The van der Waals surface area contributed by atoms with Gasteiger partial charge in [0.1, 0.15) is 0 Å². The van der Waals surface area contributed by atoms with Gasteiger partial charge < -0.3 is 105 Å². The lowest BCUT2D eigenvalue weighted by Crippen LogP contribution is -2.45. The summed E-state index contributed by atoms with van der Waals surface area (Å²) < 4.78 is 113. The van der Waals surface area contributed by atoms with E-state index >= 15 is 0 Å². The van der Waals surface area contributed by atoms with E-state index in [1.807, 2.05) is 0 Å². The topological polar surface area (TPSA) is 225 Å². The first-order chi connectivity index (χ1) is 40.0. The Hall–Kier alpha value is -0.880. The molecule has 0 aromatic heterocycles. The van der Waals surface area contributed by atoms with Crippen LogP contribution in [0.5, 0.6) is 0 Å². The van der Waals surface area contributed by atoms with Gasteiger partial charge in [-0.3, -0.25) is 0 Å². The number of methoxy groups -OCH3 is 2. The van der Waals surface area contributed by atoms with E-state index in [1.54, 1.807) is 14.2 Å². The van der Waals surface area contributed by atoms with Gasteiger partial charge in [-0.25, -0.2) is 0 Å². The Morgan fingerprint density at radius 2 is 0.593 bits per heavy atom. The molecule has 1 aliphatic rings. The SMILES string of the molecule is COCC(OCCOCCOCCOCCOCCOCCOCCOCCOCCO)C1CCC(CCCC(C)CCCC(C)C)CC1C(COC)OCCOCCOCCOCCOCCOCCOCCOCCOCCO. The molecule has 2 N–H and O–H groups in total. The quantitative estimate of drug-likeness (QED) is 0.0768. The van der Waals surface area contributed by atoms with Crippen LogP contribution in [0.15, 0.2) is 0 Å². The molecule has 0 saturated heterocycles. The van der Waals surface area contributed by atoms with Crippen molar-refractivity contribution < 1.29 is 105 Å². The van der Waals surface area contributed by atoms with Crippen molar-refractivity contribution in [3.8, 4) is 0 Å². The van der Waals surface area contributed by atoms with Gasteiger partial charge in [-0.05, 0) is 42.4 Å². The zero-order valence-corrected chi connectivity index (χ0v) is 51.3. The third-order valence-corrected chi connectivity index (χ3v) is 13.3. The summed E-state index contributed by atoms with van der Waals surface area (Å²) in [6, 6.07) is 0. The van der Waals surface area contributed by atoms with Gasteiger partial charge >= 0.3 is 0 Å². The molecule has 486 valence electrons. The van der Waals surface area contributed by atoms with Crippen LogP contribution in [-0.2, 0) is 94.7 Å². The highest BCUT2D eigenvalue weighted by atomic mass is 16.6. The summed E-state index contributed by atoms with van der Waals surface area (Å²) in [5, 5.41) is 17.3. The number of ether oxygens (including phenoxy) is 20. The molecule has 6 atom stereocenters. The Bertz CT molecular complexity index is 1200. The average Bonchev–Trinajstić information content (AvgIpc) is 3.46. The minimum absolute atomic E-state index is 0.0165. The molecule has 0 spiro atoms. The van der Waals surface area contributed by atoms with E-state index in [-0.39, 0.29) is 37.3 Å². The average molecular weight is 1180 g/mol. The molecule has 1 fully saturated rings. The highest BCUT2D eigenvalue weighted by Gasteiger charge is 2.40. The summed E-state index contributed by atoms with van der Waals surface area (Å²) in [6.45, 7) is 24.1. The Morgan fingerprint density at radius 1 is 0.321 bits per heavy atom. The maximum atomic E-state index is 8.67. The van der Waals surface area contributed by atoms with Crippen LogP contribution in [0, 0.1) is 29.6 Å². The predicted octanol–water partition coefficient (Wildman–Crippen LogP) is 4.97. The molecule has 6 unspecified atom stereocenters. The highest BCUT2D eigenvalue weighted by Crippen LogP contribution is 2.42. The third-order valence-electron chi connectivity index (χ3n) is 13.3. The number of aliphatic hydroxyl groups excluding tert-OH is 2. The maximum absolute atomic E-state index is 8.67. The van der Waals surface area contributed by atoms with Crippen LogP contribution in [-0.4, -0.2) is 288 Å². The van der Waals surface area contributed by atoms with Gasteiger partial charge in [0.15, 0.2) is 0 Å². The summed E-state index contributed by atoms with van der Waals surface area (Å²) in [7, 11) is 3.50. The Morgan fingerprint density at radius 3 is 0.877 bits per heavy atom. The summed E-state index contributed by atoms with van der Waals surface area (Å²) in [6.07, 6.45) is 10.8. The van der Waals surface area contributed by atoms with E-state index in [0.717, 1.165) is 24.7 Å². The first-order valence-corrected chi connectivity index (χ1v) is 30.6. The summed E-state index contributed by atoms with van der Waals surface area (Å²) in [5.41, 5.74) is 0. The fraction of sp³-hybridized carbons (Fsp3) is 1.00. The number of rotatable bonds is 68. The number of hydrogen-bond donors (Lipinski definition) is 2. The minimum atomic E-state index is -0.102. The molecule has 0 aromatic rings. The molecule has 0 radical (unpaired) electrons. The first kappa shape index (κ1) is 78.1. The molecule has 0 amide bonds. The van der Waals surface area contributed by atoms with Gasteiger partial charge in [0.05, 0.1) is 263 Å². The van der Waals surface area contributed by atoms with Crippen LogP contribution in [0.1, 0.15) is 78.6 Å². The van der Waals surface area contributed by atoms with Crippen LogP contribution in [0.3, 0.4) is 0 Å². The Balaban J connectivity index is 2.32. The standard InChI is InChI=1S/C59H118O22/c1-53(2)8-6-9-54(3)10-7-11-55-12-13-56(58(51-62-4)80-48-46-78-44-42-76-40-38-74-36-34-72-32-30-70-28-26-68-24-22-66-20-18-64-16-14-60)57(50-55)59(52-63-5)81-49-47-79-45-43-77-41-39-75-37-35-73-33-31-71-29-27-69-25-23-67-21-19-65-17-15-61/h53-61H,6-52H2,1-5H3. The minimum Gasteiger partial charge on any atom is -0.394 e. The number of aliphatic hydroxyl groups is 2. The van der Waals surface area contributed by atoms with Crippen molar-refractivity contribution in [2.45, 2.75) is 90.8 Å². The highest BCUT2D eigenvalue weighted by molar-refractivity contribution is 4.90. The van der Waals surface area contributed by atoms with Crippen molar-refractivity contribution in [3.63, 3.8) is 0 Å². The Kier molecular flexibility index (Phi) is 61.4. The van der Waals surface area contributed by atoms with Crippen LogP contribution in [0.2, 0.25) is 0 Å². The molecule has 1 rings (SSSR count). The predicted molar refractivity (Wildman–Crippen MR) is 307 cm³/mol. The monoisotopic (exact) mass is 1180 g/mol.